The number of methoxy groups -OCH3 is 1. The van der Waals surface area contributed by atoms with Crippen molar-refractivity contribution in [1.29, 1.82) is 0 Å². The smallest absolute Gasteiger partial charge is 0.475 e. The summed E-state index contributed by atoms with van der Waals surface area (Å²) in [5, 5.41) is 13.0. The van der Waals surface area contributed by atoms with Crippen LogP contribution < -0.4 is 10.6 Å². The van der Waals surface area contributed by atoms with Crippen LogP contribution in [0.15, 0.2) is 0 Å². The number of hydrogen-bond donors (Lipinski definition) is 3. The average Bonchev–Trinajstić information content (AvgIpc) is 2.99. The Labute approximate surface area is 137 Å². The quantitative estimate of drug-likeness (QED) is 0.637. The summed E-state index contributed by atoms with van der Waals surface area (Å²) in [4.78, 5) is 32.3. The molecule has 1 rings (SSSR count). The first-order valence-electron chi connectivity index (χ1n) is 7.40. The molecule has 24 heavy (non-hydrogen) atoms. The third-order valence-electron chi connectivity index (χ3n) is 3.13. The highest BCUT2D eigenvalue weighted by Gasteiger charge is 2.38. The lowest BCUT2D eigenvalue weighted by Gasteiger charge is -2.20. The molecular formula is C14H23F3N2O5. The van der Waals surface area contributed by atoms with Crippen molar-refractivity contribution in [2.24, 2.45) is 5.92 Å². The Kier molecular flexibility index (Phi) is 9.34. The second-order valence-corrected chi connectivity index (χ2v) is 5.67. The summed E-state index contributed by atoms with van der Waals surface area (Å²) in [6.45, 7) is 4.89. The molecule has 10 heteroatoms. The summed E-state index contributed by atoms with van der Waals surface area (Å²) in [5.41, 5.74) is 0. The van der Waals surface area contributed by atoms with Crippen molar-refractivity contribution in [3.05, 3.63) is 0 Å². The molecule has 0 aromatic carbocycles. The van der Waals surface area contributed by atoms with Crippen LogP contribution in [0.4, 0.5) is 13.2 Å². The molecule has 7 nitrogen and oxygen atoms in total. The van der Waals surface area contributed by atoms with Crippen LogP contribution in [0.3, 0.4) is 0 Å². The third kappa shape index (κ3) is 8.70. The van der Waals surface area contributed by atoms with Crippen molar-refractivity contribution >= 4 is 17.8 Å². The molecule has 0 radical (unpaired) electrons. The van der Waals surface area contributed by atoms with Crippen molar-refractivity contribution in [3.63, 3.8) is 0 Å². The van der Waals surface area contributed by atoms with Gasteiger partial charge in [0.1, 0.15) is 6.04 Å². The molecule has 0 aromatic heterocycles. The SMILES string of the molecule is COC(=O)[C@H](CC(C)C)NC(=O)[C@@H]1CCCN1.O=C(O)C(F)(F)F. The maximum atomic E-state index is 11.9. The van der Waals surface area contributed by atoms with E-state index in [2.05, 4.69) is 10.6 Å². The number of alkyl halides is 3. The van der Waals surface area contributed by atoms with Crippen molar-refractivity contribution in [2.45, 2.75) is 51.4 Å². The Balaban J connectivity index is 0.000000640. The number of ether oxygens (including phenoxy) is 1. The van der Waals surface area contributed by atoms with Gasteiger partial charge in [0.15, 0.2) is 0 Å². The first-order chi connectivity index (χ1) is 11.0. The molecule has 1 fully saturated rings. The fourth-order valence-electron chi connectivity index (χ4n) is 2.01. The topological polar surface area (TPSA) is 105 Å². The van der Waals surface area contributed by atoms with Crippen LogP contribution in [-0.2, 0) is 19.1 Å². The number of carbonyl (C=O) groups excluding carboxylic acids is 2. The van der Waals surface area contributed by atoms with E-state index in [-0.39, 0.29) is 17.9 Å². The minimum absolute atomic E-state index is 0.0986. The normalized spacial score (nSPS) is 18.4. The van der Waals surface area contributed by atoms with Crippen LogP contribution in [-0.4, -0.2) is 54.9 Å². The maximum Gasteiger partial charge on any atom is 0.490 e. The minimum Gasteiger partial charge on any atom is -0.475 e. The van der Waals surface area contributed by atoms with Gasteiger partial charge in [-0.05, 0) is 31.7 Å². The van der Waals surface area contributed by atoms with Crippen LogP contribution in [0.1, 0.15) is 33.1 Å². The predicted octanol–water partition coefficient (Wildman–Crippen LogP) is 1.08. The molecule has 1 aliphatic rings. The second-order valence-electron chi connectivity index (χ2n) is 5.67. The number of esters is 1. The number of halogens is 3. The number of carboxylic acids is 1. The van der Waals surface area contributed by atoms with Gasteiger partial charge < -0.3 is 20.5 Å². The van der Waals surface area contributed by atoms with Gasteiger partial charge in [-0.25, -0.2) is 9.59 Å². The molecule has 0 saturated carbocycles. The van der Waals surface area contributed by atoms with Gasteiger partial charge in [-0.3, -0.25) is 4.79 Å². The highest BCUT2D eigenvalue weighted by atomic mass is 19.4. The van der Waals surface area contributed by atoms with Crippen LogP contribution >= 0.6 is 0 Å². The van der Waals surface area contributed by atoms with Gasteiger partial charge in [0.2, 0.25) is 5.91 Å². The van der Waals surface area contributed by atoms with Crippen molar-refractivity contribution < 1.29 is 37.4 Å². The molecular weight excluding hydrogens is 333 g/mol. The van der Waals surface area contributed by atoms with Crippen LogP contribution in [0.25, 0.3) is 0 Å². The standard InChI is InChI=1S/C12H22N2O3.C2HF3O2/c1-8(2)7-10(12(16)17-3)14-11(15)9-5-4-6-13-9;3-2(4,5)1(6)7/h8-10,13H,4-7H2,1-3H3,(H,14,15);(H,6,7)/t9-,10-;/m0./s1. The molecule has 0 bridgehead atoms. The van der Waals surface area contributed by atoms with E-state index in [1.54, 1.807) is 0 Å². The maximum absolute atomic E-state index is 11.9. The van der Waals surface area contributed by atoms with Crippen molar-refractivity contribution in [1.82, 2.24) is 10.6 Å². The Hall–Kier alpha value is -1.84. The number of nitrogens with one attached hydrogen (secondary N) is 2. The second kappa shape index (κ2) is 10.1. The zero-order valence-corrected chi connectivity index (χ0v) is 13.8. The largest absolute Gasteiger partial charge is 0.490 e. The average molecular weight is 356 g/mol. The summed E-state index contributed by atoms with van der Waals surface area (Å²) >= 11 is 0. The summed E-state index contributed by atoms with van der Waals surface area (Å²) in [5.74, 6) is -2.90. The number of hydrogen-bond acceptors (Lipinski definition) is 5. The van der Waals surface area contributed by atoms with E-state index < -0.39 is 18.2 Å². The van der Waals surface area contributed by atoms with Gasteiger partial charge in [0.25, 0.3) is 0 Å². The summed E-state index contributed by atoms with van der Waals surface area (Å²) in [6.07, 6.45) is -2.64. The van der Waals surface area contributed by atoms with E-state index in [1.807, 2.05) is 13.8 Å². The van der Waals surface area contributed by atoms with Crippen LogP contribution in [0.5, 0.6) is 0 Å². The van der Waals surface area contributed by atoms with Gasteiger partial charge in [-0.2, -0.15) is 13.2 Å². The van der Waals surface area contributed by atoms with E-state index in [9.17, 15) is 22.8 Å². The first kappa shape index (κ1) is 22.2. The van der Waals surface area contributed by atoms with Gasteiger partial charge >= 0.3 is 18.1 Å². The van der Waals surface area contributed by atoms with Crippen LogP contribution in [0.2, 0.25) is 0 Å². The number of carbonyl (C=O) groups is 3. The minimum atomic E-state index is -5.08. The number of carboxylic acid groups (broad SMARTS) is 1. The first-order valence-corrected chi connectivity index (χ1v) is 7.40. The fourth-order valence-corrected chi connectivity index (χ4v) is 2.01. The van der Waals surface area contributed by atoms with Gasteiger partial charge in [-0.15, -0.1) is 0 Å². The van der Waals surface area contributed by atoms with E-state index in [1.165, 1.54) is 7.11 Å². The summed E-state index contributed by atoms with van der Waals surface area (Å²) < 4.78 is 36.4. The number of rotatable bonds is 5. The third-order valence-corrected chi connectivity index (χ3v) is 3.13. The molecule has 0 spiro atoms. The lowest BCUT2D eigenvalue weighted by Crippen LogP contribution is -2.49. The lowest BCUT2D eigenvalue weighted by atomic mass is 10.0. The van der Waals surface area contributed by atoms with E-state index in [0.717, 1.165) is 19.4 Å². The molecule has 140 valence electrons. The monoisotopic (exact) mass is 356 g/mol. The molecule has 2 atom stereocenters. The zero-order chi connectivity index (χ0) is 18.9. The zero-order valence-electron chi connectivity index (χ0n) is 13.8. The predicted molar refractivity (Wildman–Crippen MR) is 78.1 cm³/mol. The van der Waals surface area contributed by atoms with Gasteiger partial charge in [0, 0.05) is 0 Å². The Morgan fingerprint density at radius 1 is 1.33 bits per heavy atom. The molecule has 1 heterocycles. The fraction of sp³-hybridized carbons (Fsp3) is 0.786. The lowest BCUT2D eigenvalue weighted by molar-refractivity contribution is -0.192. The molecule has 0 unspecified atom stereocenters. The van der Waals surface area contributed by atoms with E-state index in [4.69, 9.17) is 14.6 Å². The highest BCUT2D eigenvalue weighted by Crippen LogP contribution is 2.13. The van der Waals surface area contributed by atoms with Gasteiger partial charge in [-0.1, -0.05) is 13.8 Å². The molecule has 1 saturated heterocycles. The van der Waals surface area contributed by atoms with Crippen LogP contribution in [0, 0.1) is 5.92 Å². The van der Waals surface area contributed by atoms with Crippen molar-refractivity contribution in [2.75, 3.05) is 13.7 Å². The van der Waals surface area contributed by atoms with Crippen molar-refractivity contribution in [3.8, 4) is 0 Å². The van der Waals surface area contributed by atoms with E-state index in [0.29, 0.717) is 12.3 Å². The Morgan fingerprint density at radius 3 is 2.21 bits per heavy atom. The molecule has 0 aromatic rings. The highest BCUT2D eigenvalue weighted by molar-refractivity contribution is 5.87. The summed E-state index contributed by atoms with van der Waals surface area (Å²) in [6, 6.07) is -0.691. The summed E-state index contributed by atoms with van der Waals surface area (Å²) in [7, 11) is 1.34. The molecule has 3 N–H and O–H groups in total. The van der Waals surface area contributed by atoms with Gasteiger partial charge in [0.05, 0.1) is 13.2 Å². The number of amides is 1. The van der Waals surface area contributed by atoms with E-state index >= 15 is 0 Å². The molecule has 1 aliphatic heterocycles. The Morgan fingerprint density at radius 2 is 1.88 bits per heavy atom. The number of aliphatic carboxylic acids is 1. The molecule has 1 amide bonds. The molecule has 0 aliphatic carbocycles. The Bertz CT molecular complexity index is 435.